The van der Waals surface area contributed by atoms with Crippen molar-refractivity contribution in [2.45, 2.75) is 38.1 Å². The van der Waals surface area contributed by atoms with Crippen LogP contribution in [0.1, 0.15) is 42.5 Å². The van der Waals surface area contributed by atoms with E-state index in [1.807, 2.05) is 18.2 Å². The van der Waals surface area contributed by atoms with Crippen LogP contribution >= 0.6 is 0 Å². The van der Waals surface area contributed by atoms with Gasteiger partial charge in [-0.25, -0.2) is 0 Å². The number of para-hydroxylation sites is 2. The predicted octanol–water partition coefficient (Wildman–Crippen LogP) is 15.0. The van der Waals surface area contributed by atoms with Gasteiger partial charge < -0.3 is 19.3 Å². The molecule has 1 aliphatic heterocycles. The molecule has 326 valence electrons. The van der Waals surface area contributed by atoms with E-state index < -0.39 is 0 Å². The molecule has 0 radical (unpaired) electrons. The maximum Gasteiger partial charge on any atom is 0.0991 e. The van der Waals surface area contributed by atoms with Crippen molar-refractivity contribution >= 4 is 45.4 Å². The lowest BCUT2D eigenvalue weighted by molar-refractivity contribution is 0.480. The lowest BCUT2D eigenvalue weighted by atomic mass is 9.81. The number of rotatable bonds is 9. The molecule has 4 aliphatic carbocycles. The lowest BCUT2D eigenvalue weighted by Crippen LogP contribution is -2.30. The fourth-order valence-electron chi connectivity index (χ4n) is 11.2. The number of anilines is 5. The topological polar surface area (TPSA) is 62.2 Å². The molecule has 3 atom stereocenters. The molecule has 6 nitrogen and oxygen atoms in total. The highest BCUT2D eigenvalue weighted by Gasteiger charge is 2.45. The molecule has 6 aromatic carbocycles. The number of nitriles is 2. The van der Waals surface area contributed by atoms with E-state index in [-0.39, 0.29) is 6.04 Å². The average molecular weight is 877 g/mol. The van der Waals surface area contributed by atoms with Crippen LogP contribution in [0.25, 0.3) is 33.8 Å². The molecule has 1 fully saturated rings. The van der Waals surface area contributed by atoms with Gasteiger partial charge in [0.1, 0.15) is 0 Å². The summed E-state index contributed by atoms with van der Waals surface area (Å²) < 4.78 is 2.40. The number of aryl methyl sites for hydroxylation is 1. The van der Waals surface area contributed by atoms with E-state index in [1.54, 1.807) is 0 Å². The van der Waals surface area contributed by atoms with Crippen molar-refractivity contribution in [1.82, 2.24) is 4.57 Å². The molecule has 7 aromatic rings. The summed E-state index contributed by atoms with van der Waals surface area (Å²) in [5, 5.41) is 20.7. The van der Waals surface area contributed by atoms with E-state index in [9.17, 15) is 10.5 Å². The van der Waals surface area contributed by atoms with Gasteiger partial charge in [0, 0.05) is 79.7 Å². The van der Waals surface area contributed by atoms with Gasteiger partial charge in [-0.1, -0.05) is 91.0 Å². The minimum atomic E-state index is 0.263. The Bertz CT molecular complexity index is 3390. The van der Waals surface area contributed by atoms with Crippen molar-refractivity contribution in [1.29, 1.82) is 10.5 Å². The van der Waals surface area contributed by atoms with Crippen LogP contribution in [-0.4, -0.2) is 10.6 Å². The zero-order valence-electron chi connectivity index (χ0n) is 37.7. The second-order valence-corrected chi connectivity index (χ2v) is 18.2. The summed E-state index contributed by atoms with van der Waals surface area (Å²) in [6, 6.07) is 59.0. The molecule has 6 heteroatoms. The Kier molecular flexibility index (Phi) is 10.4. The third kappa shape index (κ3) is 7.19. The Balaban J connectivity index is 0.881. The van der Waals surface area contributed by atoms with Crippen LogP contribution in [0.3, 0.4) is 0 Å². The number of benzene rings is 6. The summed E-state index contributed by atoms with van der Waals surface area (Å²) in [5.41, 5.74) is 18.0. The first-order valence-corrected chi connectivity index (χ1v) is 23.7. The normalized spacial score (nSPS) is 18.9. The number of hydrogen-bond acceptors (Lipinski definition) is 5. The van der Waals surface area contributed by atoms with Crippen LogP contribution in [-0.2, 0) is 6.42 Å². The molecule has 0 amide bonds. The van der Waals surface area contributed by atoms with E-state index in [1.165, 1.54) is 44.9 Å². The van der Waals surface area contributed by atoms with Crippen molar-refractivity contribution < 1.29 is 0 Å². The molecular weight excluding hydrogens is 829 g/mol. The Labute approximate surface area is 398 Å². The van der Waals surface area contributed by atoms with Crippen LogP contribution in [0.4, 0.5) is 28.4 Å². The predicted molar refractivity (Wildman–Crippen MR) is 278 cm³/mol. The molecule has 5 aliphatic rings. The number of hydrogen-bond donors (Lipinski definition) is 0. The van der Waals surface area contributed by atoms with E-state index >= 15 is 0 Å². The van der Waals surface area contributed by atoms with Gasteiger partial charge in [0.05, 0.1) is 29.3 Å². The third-order valence-electron chi connectivity index (χ3n) is 14.4. The Morgan fingerprint density at radius 3 is 1.85 bits per heavy atom. The summed E-state index contributed by atoms with van der Waals surface area (Å²) in [6.45, 7) is 0. The van der Waals surface area contributed by atoms with Crippen molar-refractivity contribution in [3.05, 3.63) is 246 Å². The van der Waals surface area contributed by atoms with Crippen LogP contribution in [0.2, 0.25) is 0 Å². The Hall–Kier alpha value is -8.58. The van der Waals surface area contributed by atoms with Gasteiger partial charge in [-0.3, -0.25) is 0 Å². The minimum Gasteiger partial charge on any atom is -0.337 e. The molecule has 3 unspecified atom stereocenters. The zero-order chi connectivity index (χ0) is 45.6. The summed E-state index contributed by atoms with van der Waals surface area (Å²) in [6.07, 6.45) is 26.8. The molecule has 1 saturated heterocycles. The van der Waals surface area contributed by atoms with Gasteiger partial charge in [-0.05, 0) is 170 Å². The monoisotopic (exact) mass is 876 g/mol. The fourth-order valence-corrected chi connectivity index (χ4v) is 11.2. The first-order valence-electron chi connectivity index (χ1n) is 23.7. The molecule has 0 spiro atoms. The molecular formula is C62H48N6. The van der Waals surface area contributed by atoms with Crippen LogP contribution in [0.15, 0.2) is 229 Å². The fraction of sp³-hybridized carbons (Fsp3) is 0.129. The smallest absolute Gasteiger partial charge is 0.0991 e. The average Bonchev–Trinajstić information content (AvgIpc) is 3.92. The van der Waals surface area contributed by atoms with E-state index in [0.29, 0.717) is 23.8 Å². The Morgan fingerprint density at radius 2 is 1.19 bits per heavy atom. The zero-order valence-corrected chi connectivity index (χ0v) is 37.7. The molecule has 0 bridgehead atoms. The second-order valence-electron chi connectivity index (χ2n) is 18.2. The number of nitrogens with zero attached hydrogens (tertiary/aromatic N) is 6. The largest absolute Gasteiger partial charge is 0.337 e. The van der Waals surface area contributed by atoms with Crippen LogP contribution < -0.4 is 14.7 Å². The quantitative estimate of drug-likeness (QED) is 0.145. The van der Waals surface area contributed by atoms with Gasteiger partial charge in [0.2, 0.25) is 0 Å². The van der Waals surface area contributed by atoms with Crippen molar-refractivity contribution in [2.24, 2.45) is 11.8 Å². The van der Waals surface area contributed by atoms with E-state index in [2.05, 4.69) is 226 Å². The molecule has 12 rings (SSSR count). The molecule has 1 aromatic heterocycles. The SMILES string of the molecule is N#CC1=CC=C(N(c2ccc(-c3ccc(N(C4=CC=C5C(C4)C4C=CC=CC4N5c4ccccc4)c4ccc(C#N)cc4)cc3)cc2)c2ccc3c(c2)c2c(n3-c3ccccc3)C=CCC2)CC1. The van der Waals surface area contributed by atoms with Gasteiger partial charge in [-0.15, -0.1) is 0 Å². The summed E-state index contributed by atoms with van der Waals surface area (Å²) >= 11 is 0. The van der Waals surface area contributed by atoms with Gasteiger partial charge in [0.15, 0.2) is 0 Å². The molecule has 68 heavy (non-hydrogen) atoms. The van der Waals surface area contributed by atoms with Gasteiger partial charge in [0.25, 0.3) is 0 Å². The number of fused-ring (bicyclic) bond motifs is 6. The maximum atomic E-state index is 9.73. The highest BCUT2D eigenvalue weighted by atomic mass is 15.2. The lowest BCUT2D eigenvalue weighted by Gasteiger charge is -2.33. The molecule has 0 saturated carbocycles. The highest BCUT2D eigenvalue weighted by molar-refractivity contribution is 5.94. The number of allylic oxidation sites excluding steroid dienone is 11. The third-order valence-corrected chi connectivity index (χ3v) is 14.4. The maximum absolute atomic E-state index is 9.73. The van der Waals surface area contributed by atoms with Gasteiger partial charge >= 0.3 is 0 Å². The molecule has 2 heterocycles. The van der Waals surface area contributed by atoms with Crippen molar-refractivity contribution in [3.63, 3.8) is 0 Å². The van der Waals surface area contributed by atoms with Crippen LogP contribution in [0.5, 0.6) is 0 Å². The molecule has 0 N–H and O–H groups in total. The van der Waals surface area contributed by atoms with Crippen molar-refractivity contribution in [2.75, 3.05) is 14.7 Å². The van der Waals surface area contributed by atoms with Crippen molar-refractivity contribution in [3.8, 4) is 29.0 Å². The number of aromatic nitrogens is 1. The van der Waals surface area contributed by atoms with E-state index in [0.717, 1.165) is 70.8 Å². The minimum absolute atomic E-state index is 0.263. The summed E-state index contributed by atoms with van der Waals surface area (Å²) in [5.74, 6) is 0.667. The second kappa shape index (κ2) is 17.3. The van der Waals surface area contributed by atoms with E-state index in [4.69, 9.17) is 0 Å². The van der Waals surface area contributed by atoms with Gasteiger partial charge in [-0.2, -0.15) is 10.5 Å². The standard InChI is InChI=1S/C62H48N6/c63-41-43-19-27-49(28-20-43)65(53-35-37-61-57(39-53)55-15-7-9-17-59(55)67(61)47-11-3-1-4-12-47)51-31-23-45(24-32-51)46-25-33-52(34-26-46)66(50-29-21-44(42-64)22-30-50)54-36-38-62-58(40-54)56-16-8-10-18-60(56)68(62)48-13-5-2-6-14-48/h1-7,9-15,17-21,23-29,31-38,40,55,57,59H,8,16,22,30,39H2. The Morgan fingerprint density at radius 1 is 0.559 bits per heavy atom. The van der Waals surface area contributed by atoms with Crippen LogP contribution in [0, 0.1) is 34.5 Å². The first-order chi connectivity index (χ1) is 33.6. The summed E-state index contributed by atoms with van der Waals surface area (Å²) in [7, 11) is 0. The highest BCUT2D eigenvalue weighted by Crippen LogP contribution is 2.50. The summed E-state index contributed by atoms with van der Waals surface area (Å²) in [4.78, 5) is 7.26. The first kappa shape index (κ1) is 40.9.